The monoisotopic (exact) mass is 274 g/mol. The molecule has 0 radical (unpaired) electrons. The van der Waals surface area contributed by atoms with Crippen LogP contribution in [-0.4, -0.2) is 36.4 Å². The fourth-order valence-corrected chi connectivity index (χ4v) is 2.40. The highest BCUT2D eigenvalue weighted by molar-refractivity contribution is 6.30. The summed E-state index contributed by atoms with van der Waals surface area (Å²) in [6.07, 6.45) is 5.76. The second-order valence-corrected chi connectivity index (χ2v) is 5.17. The summed E-state index contributed by atoms with van der Waals surface area (Å²) in [6, 6.07) is 7.82. The Balaban J connectivity index is 2.02. The van der Waals surface area contributed by atoms with Gasteiger partial charge in [-0.2, -0.15) is 0 Å². The summed E-state index contributed by atoms with van der Waals surface area (Å²) in [6.45, 7) is 0. The number of hydrogen-bond acceptors (Lipinski definition) is 4. The fourth-order valence-electron chi connectivity index (χ4n) is 2.28. The van der Waals surface area contributed by atoms with Gasteiger partial charge in [-0.15, -0.1) is 0 Å². The maximum atomic E-state index is 5.94. The van der Waals surface area contributed by atoms with Gasteiger partial charge in [-0.25, -0.2) is 0 Å². The SMILES string of the molecule is CN(C)C1NC(c2ccc(Cl)cc2)=C2C=NC=CN21. The average molecular weight is 275 g/mol. The predicted octanol–water partition coefficient (Wildman–Crippen LogP) is 2.31. The molecular formula is C14H15ClN4. The fraction of sp³-hybridized carbons (Fsp3) is 0.214. The van der Waals surface area contributed by atoms with Crippen LogP contribution in [0.2, 0.25) is 5.02 Å². The lowest BCUT2D eigenvalue weighted by atomic mass is 10.1. The number of aliphatic imine (C=N–C) groups is 1. The van der Waals surface area contributed by atoms with Gasteiger partial charge in [-0.05, 0) is 31.8 Å². The third-order valence-electron chi connectivity index (χ3n) is 3.20. The predicted molar refractivity (Wildman–Crippen MR) is 78.5 cm³/mol. The molecule has 0 aliphatic carbocycles. The summed E-state index contributed by atoms with van der Waals surface area (Å²) in [5.74, 6) is 0. The number of rotatable bonds is 2. The van der Waals surface area contributed by atoms with Crippen molar-refractivity contribution in [3.63, 3.8) is 0 Å². The van der Waals surface area contributed by atoms with E-state index < -0.39 is 0 Å². The van der Waals surface area contributed by atoms with Crippen molar-refractivity contribution in [3.05, 3.63) is 52.9 Å². The van der Waals surface area contributed by atoms with E-state index in [1.54, 1.807) is 6.20 Å². The molecule has 0 saturated carbocycles. The van der Waals surface area contributed by atoms with Crippen LogP contribution in [0, 0.1) is 0 Å². The highest BCUT2D eigenvalue weighted by Crippen LogP contribution is 2.29. The third-order valence-corrected chi connectivity index (χ3v) is 3.46. The largest absolute Gasteiger partial charge is 0.350 e. The van der Waals surface area contributed by atoms with E-state index in [2.05, 4.69) is 20.1 Å². The van der Waals surface area contributed by atoms with Crippen LogP contribution in [0.3, 0.4) is 0 Å². The quantitative estimate of drug-likeness (QED) is 0.898. The van der Waals surface area contributed by atoms with Gasteiger partial charge in [-0.1, -0.05) is 23.7 Å². The first kappa shape index (κ1) is 12.3. The first-order chi connectivity index (χ1) is 9.16. The lowest BCUT2D eigenvalue weighted by Crippen LogP contribution is -2.46. The molecule has 3 rings (SSSR count). The maximum absolute atomic E-state index is 5.94. The van der Waals surface area contributed by atoms with Crippen LogP contribution in [0.15, 0.2) is 47.4 Å². The van der Waals surface area contributed by atoms with Gasteiger partial charge in [0.25, 0.3) is 0 Å². The van der Waals surface area contributed by atoms with E-state index >= 15 is 0 Å². The van der Waals surface area contributed by atoms with Crippen LogP contribution < -0.4 is 5.32 Å². The van der Waals surface area contributed by atoms with E-state index in [0.717, 1.165) is 22.0 Å². The number of fused-ring (bicyclic) bond motifs is 1. The molecule has 4 nitrogen and oxygen atoms in total. The topological polar surface area (TPSA) is 30.9 Å². The number of allylic oxidation sites excluding steroid dienone is 1. The van der Waals surface area contributed by atoms with Crippen LogP contribution in [0.1, 0.15) is 5.56 Å². The number of halogens is 1. The second-order valence-electron chi connectivity index (χ2n) is 4.73. The van der Waals surface area contributed by atoms with Gasteiger partial charge < -0.3 is 10.2 Å². The summed E-state index contributed by atoms with van der Waals surface area (Å²) in [7, 11) is 4.08. The minimum atomic E-state index is 0.101. The van der Waals surface area contributed by atoms with Gasteiger partial charge >= 0.3 is 0 Å². The van der Waals surface area contributed by atoms with Crippen molar-refractivity contribution in [2.75, 3.05) is 14.1 Å². The summed E-state index contributed by atoms with van der Waals surface area (Å²) in [5, 5.41) is 4.26. The first-order valence-electron chi connectivity index (χ1n) is 6.08. The molecule has 2 aliphatic heterocycles. The summed E-state index contributed by atoms with van der Waals surface area (Å²) >= 11 is 5.94. The smallest absolute Gasteiger partial charge is 0.161 e. The van der Waals surface area contributed by atoms with Crippen molar-refractivity contribution < 1.29 is 0 Å². The molecule has 0 bridgehead atoms. The van der Waals surface area contributed by atoms with Gasteiger partial charge in [0.1, 0.15) is 0 Å². The standard InChI is InChI=1S/C14H15ClN4/c1-18(2)14-17-13(10-3-5-11(15)6-4-10)12-9-16-7-8-19(12)14/h3-9,14,17H,1-2H3. The van der Waals surface area contributed by atoms with E-state index in [4.69, 9.17) is 11.6 Å². The average Bonchev–Trinajstić information content (AvgIpc) is 2.79. The van der Waals surface area contributed by atoms with Gasteiger partial charge in [-0.3, -0.25) is 9.89 Å². The van der Waals surface area contributed by atoms with Gasteiger partial charge in [0.2, 0.25) is 0 Å². The van der Waals surface area contributed by atoms with Crippen molar-refractivity contribution in [1.29, 1.82) is 0 Å². The molecule has 1 aromatic carbocycles. The normalized spacial score (nSPS) is 21.1. The summed E-state index contributed by atoms with van der Waals surface area (Å²) < 4.78 is 0. The molecule has 2 heterocycles. The molecule has 1 N–H and O–H groups in total. The lowest BCUT2D eigenvalue weighted by molar-refractivity contribution is 0.158. The van der Waals surface area contributed by atoms with Crippen molar-refractivity contribution in [2.24, 2.45) is 4.99 Å². The number of hydrogen-bond donors (Lipinski definition) is 1. The number of benzene rings is 1. The number of nitrogens with zero attached hydrogens (tertiary/aromatic N) is 3. The molecule has 0 fully saturated rings. The van der Waals surface area contributed by atoms with Crippen molar-refractivity contribution in [3.8, 4) is 0 Å². The van der Waals surface area contributed by atoms with Crippen LogP contribution in [-0.2, 0) is 0 Å². The molecule has 2 aliphatic rings. The van der Waals surface area contributed by atoms with E-state index in [9.17, 15) is 0 Å². The van der Waals surface area contributed by atoms with Gasteiger partial charge in [0.05, 0.1) is 17.6 Å². The maximum Gasteiger partial charge on any atom is 0.161 e. The van der Waals surface area contributed by atoms with Gasteiger partial charge in [0, 0.05) is 17.4 Å². The minimum absolute atomic E-state index is 0.101. The molecule has 1 unspecified atom stereocenters. The van der Waals surface area contributed by atoms with E-state index in [1.807, 2.05) is 50.8 Å². The van der Waals surface area contributed by atoms with Crippen LogP contribution in [0.25, 0.3) is 5.70 Å². The zero-order valence-electron chi connectivity index (χ0n) is 10.8. The Morgan fingerprint density at radius 2 is 2.00 bits per heavy atom. The van der Waals surface area contributed by atoms with Gasteiger partial charge in [0.15, 0.2) is 6.29 Å². The zero-order valence-corrected chi connectivity index (χ0v) is 11.6. The first-order valence-corrected chi connectivity index (χ1v) is 6.46. The van der Waals surface area contributed by atoms with Crippen LogP contribution in [0.4, 0.5) is 0 Å². The Hall–Kier alpha value is -1.78. The molecule has 0 aromatic heterocycles. The highest BCUT2D eigenvalue weighted by atomic mass is 35.5. The van der Waals surface area contributed by atoms with Crippen molar-refractivity contribution in [2.45, 2.75) is 6.29 Å². The van der Waals surface area contributed by atoms with E-state index in [-0.39, 0.29) is 6.29 Å². The molecule has 98 valence electrons. The van der Waals surface area contributed by atoms with Crippen LogP contribution in [0.5, 0.6) is 0 Å². The van der Waals surface area contributed by atoms with Crippen molar-refractivity contribution >= 4 is 23.5 Å². The molecule has 1 aromatic rings. The molecule has 19 heavy (non-hydrogen) atoms. The Kier molecular flexibility index (Phi) is 3.05. The number of nitrogens with one attached hydrogen (secondary N) is 1. The molecular weight excluding hydrogens is 260 g/mol. The van der Waals surface area contributed by atoms with E-state index in [0.29, 0.717) is 0 Å². The molecule has 0 saturated heterocycles. The summed E-state index contributed by atoms with van der Waals surface area (Å²) in [5.41, 5.74) is 3.25. The Labute approximate surface area is 117 Å². The summed E-state index contributed by atoms with van der Waals surface area (Å²) in [4.78, 5) is 8.50. The lowest BCUT2D eigenvalue weighted by Gasteiger charge is -2.30. The minimum Gasteiger partial charge on any atom is -0.350 e. The molecule has 1 atom stereocenters. The second kappa shape index (κ2) is 4.72. The Morgan fingerprint density at radius 1 is 1.26 bits per heavy atom. The molecule has 5 heteroatoms. The Bertz CT molecular complexity index is 572. The Morgan fingerprint density at radius 3 is 2.68 bits per heavy atom. The van der Waals surface area contributed by atoms with E-state index in [1.165, 1.54) is 0 Å². The van der Waals surface area contributed by atoms with Crippen molar-refractivity contribution in [1.82, 2.24) is 15.1 Å². The molecule has 0 amide bonds. The zero-order chi connectivity index (χ0) is 13.4. The van der Waals surface area contributed by atoms with Crippen LogP contribution >= 0.6 is 11.6 Å². The highest BCUT2D eigenvalue weighted by Gasteiger charge is 2.31. The molecule has 0 spiro atoms. The third kappa shape index (κ3) is 2.13.